The van der Waals surface area contributed by atoms with Gasteiger partial charge in [0, 0.05) is 11.5 Å². The molecule has 100 valence electrons. The van der Waals surface area contributed by atoms with E-state index in [9.17, 15) is 19.0 Å². The van der Waals surface area contributed by atoms with Gasteiger partial charge in [-0.1, -0.05) is 5.11 Å². The lowest BCUT2D eigenvalue weighted by Gasteiger charge is -2.17. The molecule has 1 aromatic carbocycles. The summed E-state index contributed by atoms with van der Waals surface area (Å²) in [5.74, 6) is -2.22. The Morgan fingerprint density at radius 3 is 2.42 bits per heavy atom. The SMILES string of the molecule is N#Cc1c(F)cc(C(O)C(O)CCN=[N+]=[N-])cc1F. The largest absolute Gasteiger partial charge is 0.390 e. The highest BCUT2D eigenvalue weighted by atomic mass is 19.1. The summed E-state index contributed by atoms with van der Waals surface area (Å²) >= 11 is 0. The maximum absolute atomic E-state index is 13.3. The van der Waals surface area contributed by atoms with Crippen LogP contribution in [0.1, 0.15) is 23.7 Å². The lowest BCUT2D eigenvalue weighted by atomic mass is 10.0. The summed E-state index contributed by atoms with van der Waals surface area (Å²) < 4.78 is 26.6. The number of halogens is 2. The zero-order valence-corrected chi connectivity index (χ0v) is 9.66. The number of hydrogen-bond acceptors (Lipinski definition) is 4. The molecule has 19 heavy (non-hydrogen) atoms. The lowest BCUT2D eigenvalue weighted by Crippen LogP contribution is -2.19. The van der Waals surface area contributed by atoms with Crippen LogP contribution in [0, 0.1) is 23.0 Å². The zero-order valence-electron chi connectivity index (χ0n) is 9.66. The van der Waals surface area contributed by atoms with Crippen LogP contribution in [-0.2, 0) is 0 Å². The Balaban J connectivity index is 2.91. The molecule has 0 aliphatic rings. The Morgan fingerprint density at radius 1 is 1.37 bits per heavy atom. The molecule has 1 aromatic rings. The molecule has 0 amide bonds. The van der Waals surface area contributed by atoms with E-state index in [1.54, 1.807) is 0 Å². The average Bonchev–Trinajstić information content (AvgIpc) is 2.37. The Hall–Kier alpha value is -2.20. The molecule has 0 saturated heterocycles. The third-order valence-electron chi connectivity index (χ3n) is 2.47. The number of rotatable bonds is 5. The monoisotopic (exact) mass is 268 g/mol. The van der Waals surface area contributed by atoms with Crippen molar-refractivity contribution in [3.8, 4) is 6.07 Å². The summed E-state index contributed by atoms with van der Waals surface area (Å²) in [5, 5.41) is 30.9. The van der Waals surface area contributed by atoms with Gasteiger partial charge in [-0.3, -0.25) is 0 Å². The van der Waals surface area contributed by atoms with Gasteiger partial charge < -0.3 is 10.2 Å². The van der Waals surface area contributed by atoms with Gasteiger partial charge in [0.25, 0.3) is 0 Å². The molecule has 2 atom stereocenters. The van der Waals surface area contributed by atoms with Gasteiger partial charge in [0.2, 0.25) is 0 Å². The Labute approximate surface area is 107 Å². The predicted molar refractivity (Wildman–Crippen MR) is 60.7 cm³/mol. The first-order valence-electron chi connectivity index (χ1n) is 5.27. The highest BCUT2D eigenvalue weighted by Gasteiger charge is 2.21. The van der Waals surface area contributed by atoms with Gasteiger partial charge in [-0.25, -0.2) is 8.78 Å². The maximum atomic E-state index is 13.3. The fraction of sp³-hybridized carbons (Fsp3) is 0.364. The molecule has 0 saturated carbocycles. The standard InChI is InChI=1S/C11H10F2N4O2/c12-8-3-6(4-9(13)7(8)5-14)11(19)10(18)1-2-16-17-15/h3-4,10-11,18-19H,1-2H2. The zero-order chi connectivity index (χ0) is 14.4. The predicted octanol–water partition coefficient (Wildman–Crippen LogP) is 1.93. The summed E-state index contributed by atoms with van der Waals surface area (Å²) in [4.78, 5) is 2.47. The van der Waals surface area contributed by atoms with E-state index in [1.165, 1.54) is 6.07 Å². The van der Waals surface area contributed by atoms with Crippen molar-refractivity contribution in [2.24, 2.45) is 5.11 Å². The van der Waals surface area contributed by atoms with Gasteiger partial charge in [-0.15, -0.1) is 0 Å². The van der Waals surface area contributed by atoms with Crippen LogP contribution in [0.4, 0.5) is 8.78 Å². The van der Waals surface area contributed by atoms with Gasteiger partial charge in [-0.05, 0) is 29.6 Å². The average molecular weight is 268 g/mol. The molecule has 0 aromatic heterocycles. The molecule has 0 fully saturated rings. The van der Waals surface area contributed by atoms with Crippen LogP contribution in [0.15, 0.2) is 17.2 Å². The van der Waals surface area contributed by atoms with E-state index in [1.807, 2.05) is 0 Å². The van der Waals surface area contributed by atoms with Crippen molar-refractivity contribution in [3.63, 3.8) is 0 Å². The van der Waals surface area contributed by atoms with Crippen molar-refractivity contribution in [1.29, 1.82) is 5.26 Å². The number of azide groups is 1. The van der Waals surface area contributed by atoms with E-state index >= 15 is 0 Å². The molecule has 8 heteroatoms. The molecule has 2 unspecified atom stereocenters. The fourth-order valence-corrected chi connectivity index (χ4v) is 1.49. The smallest absolute Gasteiger partial charge is 0.144 e. The van der Waals surface area contributed by atoms with Crippen LogP contribution >= 0.6 is 0 Å². The molecule has 6 nitrogen and oxygen atoms in total. The molecule has 0 heterocycles. The lowest BCUT2D eigenvalue weighted by molar-refractivity contribution is 0.0147. The summed E-state index contributed by atoms with van der Waals surface area (Å²) in [6, 6.07) is 2.91. The van der Waals surface area contributed by atoms with E-state index in [-0.39, 0.29) is 18.5 Å². The van der Waals surface area contributed by atoms with E-state index in [4.69, 9.17) is 10.8 Å². The molecule has 0 radical (unpaired) electrons. The van der Waals surface area contributed by atoms with Gasteiger partial charge in [0.15, 0.2) is 0 Å². The van der Waals surface area contributed by atoms with Crippen LogP contribution in [-0.4, -0.2) is 22.9 Å². The van der Waals surface area contributed by atoms with E-state index in [2.05, 4.69) is 10.0 Å². The molecule has 0 aliphatic carbocycles. The molecular formula is C11H10F2N4O2. The number of nitrogens with zero attached hydrogens (tertiary/aromatic N) is 4. The van der Waals surface area contributed by atoms with Crippen molar-refractivity contribution < 1.29 is 19.0 Å². The quantitative estimate of drug-likeness (QED) is 0.483. The first-order valence-corrected chi connectivity index (χ1v) is 5.27. The van der Waals surface area contributed by atoms with Crippen molar-refractivity contribution in [3.05, 3.63) is 45.3 Å². The first kappa shape index (κ1) is 14.9. The number of nitriles is 1. The summed E-state index contributed by atoms with van der Waals surface area (Å²) in [7, 11) is 0. The van der Waals surface area contributed by atoms with Crippen molar-refractivity contribution >= 4 is 0 Å². The minimum absolute atomic E-state index is 0.0596. The topological polar surface area (TPSA) is 113 Å². The second-order valence-electron chi connectivity index (χ2n) is 3.73. The summed E-state index contributed by atoms with van der Waals surface area (Å²) in [6.45, 7) is -0.0596. The Morgan fingerprint density at radius 2 is 1.95 bits per heavy atom. The number of benzene rings is 1. The van der Waals surface area contributed by atoms with Crippen molar-refractivity contribution in [1.82, 2.24) is 0 Å². The van der Waals surface area contributed by atoms with Gasteiger partial charge in [0.05, 0.1) is 6.10 Å². The third kappa shape index (κ3) is 3.63. The molecule has 0 aliphatic heterocycles. The number of aliphatic hydroxyl groups excluding tert-OH is 2. The minimum Gasteiger partial charge on any atom is -0.390 e. The Kier molecular flexibility index (Phi) is 5.21. The van der Waals surface area contributed by atoms with E-state index < -0.39 is 29.4 Å². The molecular weight excluding hydrogens is 258 g/mol. The summed E-state index contributed by atoms with van der Waals surface area (Å²) in [6.07, 6.45) is -2.93. The second kappa shape index (κ2) is 6.66. The van der Waals surface area contributed by atoms with E-state index in [0.29, 0.717) is 0 Å². The van der Waals surface area contributed by atoms with Crippen LogP contribution < -0.4 is 0 Å². The maximum Gasteiger partial charge on any atom is 0.144 e. The highest BCUT2D eigenvalue weighted by Crippen LogP contribution is 2.23. The normalized spacial score (nSPS) is 13.2. The first-order chi connectivity index (χ1) is 9.01. The summed E-state index contributed by atoms with van der Waals surface area (Å²) in [5.41, 5.74) is 7.11. The van der Waals surface area contributed by atoms with Crippen molar-refractivity contribution in [2.75, 3.05) is 6.54 Å². The highest BCUT2D eigenvalue weighted by molar-refractivity contribution is 5.36. The third-order valence-corrected chi connectivity index (χ3v) is 2.47. The van der Waals surface area contributed by atoms with Crippen LogP contribution in [0.2, 0.25) is 0 Å². The fourth-order valence-electron chi connectivity index (χ4n) is 1.49. The van der Waals surface area contributed by atoms with Gasteiger partial charge in [0.1, 0.15) is 29.4 Å². The van der Waals surface area contributed by atoms with E-state index in [0.717, 1.165) is 12.1 Å². The molecule has 1 rings (SSSR count). The number of aliphatic hydroxyl groups is 2. The second-order valence-corrected chi connectivity index (χ2v) is 3.73. The van der Waals surface area contributed by atoms with Crippen LogP contribution in [0.5, 0.6) is 0 Å². The van der Waals surface area contributed by atoms with Gasteiger partial charge in [-0.2, -0.15) is 5.26 Å². The number of hydrogen-bond donors (Lipinski definition) is 2. The van der Waals surface area contributed by atoms with Crippen LogP contribution in [0.3, 0.4) is 0 Å². The molecule has 0 bridgehead atoms. The van der Waals surface area contributed by atoms with Crippen LogP contribution in [0.25, 0.3) is 10.4 Å². The minimum atomic E-state index is -1.54. The molecule has 0 spiro atoms. The molecule has 2 N–H and O–H groups in total. The van der Waals surface area contributed by atoms with Gasteiger partial charge >= 0.3 is 0 Å². The Bertz CT molecular complexity index is 529. The van der Waals surface area contributed by atoms with Crippen molar-refractivity contribution in [2.45, 2.75) is 18.6 Å².